The van der Waals surface area contributed by atoms with Crippen molar-refractivity contribution >= 4 is 17.6 Å². The Kier molecular flexibility index (Phi) is 4.44. The number of ether oxygens (including phenoxy) is 1. The first kappa shape index (κ1) is 15.3. The highest BCUT2D eigenvalue weighted by atomic mass is 35.5. The van der Waals surface area contributed by atoms with Gasteiger partial charge in [-0.3, -0.25) is 4.68 Å². The fourth-order valence-corrected chi connectivity index (χ4v) is 2.44. The van der Waals surface area contributed by atoms with Crippen LogP contribution >= 0.6 is 11.6 Å². The quantitative estimate of drug-likeness (QED) is 0.680. The summed E-state index contributed by atoms with van der Waals surface area (Å²) in [4.78, 5) is 12.0. The third-order valence-corrected chi connectivity index (χ3v) is 3.74. The van der Waals surface area contributed by atoms with E-state index in [1.54, 1.807) is 10.7 Å². The molecule has 23 heavy (non-hydrogen) atoms. The first-order valence-corrected chi connectivity index (χ1v) is 7.51. The monoisotopic (exact) mass is 326 g/mol. The molecule has 0 saturated heterocycles. The van der Waals surface area contributed by atoms with Crippen LogP contribution in [0.2, 0.25) is 5.02 Å². The van der Waals surface area contributed by atoms with Crippen LogP contribution in [0.4, 0.5) is 0 Å². The molecule has 0 spiro atoms. The molecule has 1 aromatic heterocycles. The van der Waals surface area contributed by atoms with E-state index in [1.165, 1.54) is 7.11 Å². The topological polar surface area (TPSA) is 44.1 Å². The Labute approximate surface area is 139 Å². The second-order valence-electron chi connectivity index (χ2n) is 5.06. The van der Waals surface area contributed by atoms with Crippen LogP contribution in [-0.2, 0) is 11.3 Å². The van der Waals surface area contributed by atoms with Gasteiger partial charge in [-0.2, -0.15) is 5.10 Å². The number of nitrogens with zero attached hydrogens (tertiary/aromatic N) is 2. The molecule has 0 bridgehead atoms. The highest BCUT2D eigenvalue weighted by Gasteiger charge is 2.17. The molecule has 0 saturated carbocycles. The zero-order valence-corrected chi connectivity index (χ0v) is 13.3. The number of halogens is 1. The molecule has 0 radical (unpaired) electrons. The number of aromatic nitrogens is 2. The van der Waals surface area contributed by atoms with Crippen molar-refractivity contribution in [3.63, 3.8) is 0 Å². The molecule has 0 amide bonds. The van der Waals surface area contributed by atoms with Crippen molar-refractivity contribution in [1.29, 1.82) is 0 Å². The fourth-order valence-electron chi connectivity index (χ4n) is 2.32. The minimum atomic E-state index is -0.409. The van der Waals surface area contributed by atoms with Gasteiger partial charge in [0, 0.05) is 10.6 Å². The molecule has 0 atom stereocenters. The van der Waals surface area contributed by atoms with Gasteiger partial charge in [0.25, 0.3) is 0 Å². The number of rotatable bonds is 4. The first-order valence-electron chi connectivity index (χ1n) is 7.13. The number of benzene rings is 2. The number of esters is 1. The minimum absolute atomic E-state index is 0.409. The van der Waals surface area contributed by atoms with Gasteiger partial charge in [-0.15, -0.1) is 0 Å². The van der Waals surface area contributed by atoms with Crippen molar-refractivity contribution in [3.05, 3.63) is 76.9 Å². The highest BCUT2D eigenvalue weighted by molar-refractivity contribution is 6.30. The molecule has 5 heteroatoms. The van der Waals surface area contributed by atoms with Crippen LogP contribution in [0.5, 0.6) is 0 Å². The lowest BCUT2D eigenvalue weighted by Gasteiger charge is -2.06. The third kappa shape index (κ3) is 3.43. The Bertz CT molecular complexity index is 811. The number of carbonyl (C=O) groups excluding carboxylic acids is 1. The molecule has 0 aliphatic heterocycles. The summed E-state index contributed by atoms with van der Waals surface area (Å²) < 4.78 is 6.51. The Morgan fingerprint density at radius 1 is 1.13 bits per heavy atom. The van der Waals surface area contributed by atoms with Gasteiger partial charge in [-0.1, -0.05) is 54.1 Å². The predicted molar refractivity (Wildman–Crippen MR) is 89.6 cm³/mol. The number of hydrogen-bond donors (Lipinski definition) is 0. The highest BCUT2D eigenvalue weighted by Crippen LogP contribution is 2.20. The number of methoxy groups -OCH3 is 1. The van der Waals surface area contributed by atoms with E-state index in [2.05, 4.69) is 5.10 Å². The molecular weight excluding hydrogens is 312 g/mol. The van der Waals surface area contributed by atoms with Gasteiger partial charge in [0.15, 0.2) is 0 Å². The predicted octanol–water partition coefficient (Wildman–Crippen LogP) is 4.04. The van der Waals surface area contributed by atoms with Crippen molar-refractivity contribution < 1.29 is 9.53 Å². The van der Waals surface area contributed by atoms with Gasteiger partial charge in [0.2, 0.25) is 0 Å². The van der Waals surface area contributed by atoms with E-state index in [0.29, 0.717) is 17.3 Å². The van der Waals surface area contributed by atoms with Gasteiger partial charge in [0.05, 0.1) is 19.3 Å². The second kappa shape index (κ2) is 6.67. The maximum Gasteiger partial charge on any atom is 0.356 e. The Morgan fingerprint density at radius 2 is 1.83 bits per heavy atom. The molecule has 1 heterocycles. The van der Waals surface area contributed by atoms with Crippen LogP contribution in [0.1, 0.15) is 16.1 Å². The molecule has 3 rings (SSSR count). The lowest BCUT2D eigenvalue weighted by molar-refractivity contribution is 0.0587. The van der Waals surface area contributed by atoms with Gasteiger partial charge < -0.3 is 4.74 Å². The maximum atomic E-state index is 12.0. The average Bonchev–Trinajstić information content (AvgIpc) is 3.01. The summed E-state index contributed by atoms with van der Waals surface area (Å²) >= 11 is 5.91. The maximum absolute atomic E-state index is 12.0. The Hall–Kier alpha value is -2.59. The summed E-state index contributed by atoms with van der Waals surface area (Å²) in [5.41, 5.74) is 3.11. The zero-order valence-electron chi connectivity index (χ0n) is 12.6. The van der Waals surface area contributed by atoms with Crippen molar-refractivity contribution in [1.82, 2.24) is 9.78 Å². The largest absolute Gasteiger partial charge is 0.464 e. The van der Waals surface area contributed by atoms with Gasteiger partial charge in [0.1, 0.15) is 5.69 Å². The van der Waals surface area contributed by atoms with E-state index in [4.69, 9.17) is 16.3 Å². The van der Waals surface area contributed by atoms with E-state index in [0.717, 1.165) is 16.8 Å². The van der Waals surface area contributed by atoms with Gasteiger partial charge in [-0.25, -0.2) is 4.79 Å². The van der Waals surface area contributed by atoms with Gasteiger partial charge >= 0.3 is 5.97 Å². The summed E-state index contributed by atoms with van der Waals surface area (Å²) in [5, 5.41) is 5.22. The molecule has 0 N–H and O–H groups in total. The SMILES string of the molecule is COC(=O)c1cc(-c2ccccc2)nn1Cc1ccc(Cl)cc1. The van der Waals surface area contributed by atoms with E-state index in [9.17, 15) is 4.79 Å². The number of hydrogen-bond acceptors (Lipinski definition) is 3. The van der Waals surface area contributed by atoms with Gasteiger partial charge in [-0.05, 0) is 23.8 Å². The summed E-state index contributed by atoms with van der Waals surface area (Å²) in [5.74, 6) is -0.409. The van der Waals surface area contributed by atoms with Crippen LogP contribution in [0.15, 0.2) is 60.7 Å². The summed E-state index contributed by atoms with van der Waals surface area (Å²) in [6.07, 6.45) is 0. The summed E-state index contributed by atoms with van der Waals surface area (Å²) in [7, 11) is 1.37. The van der Waals surface area contributed by atoms with Crippen LogP contribution < -0.4 is 0 Å². The minimum Gasteiger partial charge on any atom is -0.464 e. The standard InChI is InChI=1S/C18H15ClN2O2/c1-23-18(22)17-11-16(14-5-3-2-4-6-14)20-21(17)12-13-7-9-15(19)10-8-13/h2-11H,12H2,1H3. The van der Waals surface area contributed by atoms with Crippen molar-refractivity contribution in [3.8, 4) is 11.3 Å². The van der Waals surface area contributed by atoms with Crippen LogP contribution in [-0.4, -0.2) is 22.9 Å². The normalized spacial score (nSPS) is 10.5. The molecule has 4 nitrogen and oxygen atoms in total. The molecule has 3 aromatic rings. The molecule has 0 unspecified atom stereocenters. The van der Waals surface area contributed by atoms with E-state index < -0.39 is 5.97 Å². The second-order valence-corrected chi connectivity index (χ2v) is 5.49. The molecule has 116 valence electrons. The number of carbonyl (C=O) groups is 1. The fraction of sp³-hybridized carbons (Fsp3) is 0.111. The lowest BCUT2D eigenvalue weighted by Crippen LogP contribution is -2.12. The summed E-state index contributed by atoms with van der Waals surface area (Å²) in [6.45, 7) is 0.467. The van der Waals surface area contributed by atoms with Crippen molar-refractivity contribution in [2.45, 2.75) is 6.54 Å². The molecular formula is C18H15ClN2O2. The smallest absolute Gasteiger partial charge is 0.356 e. The van der Waals surface area contributed by atoms with Crippen LogP contribution in [0.3, 0.4) is 0 Å². The molecule has 0 fully saturated rings. The molecule has 2 aromatic carbocycles. The van der Waals surface area contributed by atoms with E-state index >= 15 is 0 Å². The Morgan fingerprint density at radius 3 is 2.48 bits per heavy atom. The zero-order chi connectivity index (χ0) is 16.2. The first-order chi connectivity index (χ1) is 11.2. The van der Waals surface area contributed by atoms with E-state index in [1.807, 2.05) is 54.6 Å². The molecule has 0 aliphatic rings. The summed E-state index contributed by atoms with van der Waals surface area (Å²) in [6, 6.07) is 18.9. The average molecular weight is 327 g/mol. The van der Waals surface area contributed by atoms with Crippen molar-refractivity contribution in [2.24, 2.45) is 0 Å². The van der Waals surface area contributed by atoms with E-state index in [-0.39, 0.29) is 0 Å². The lowest BCUT2D eigenvalue weighted by atomic mass is 10.1. The molecule has 0 aliphatic carbocycles. The van der Waals surface area contributed by atoms with Crippen molar-refractivity contribution in [2.75, 3.05) is 7.11 Å². The van der Waals surface area contributed by atoms with Crippen LogP contribution in [0, 0.1) is 0 Å². The van der Waals surface area contributed by atoms with Crippen LogP contribution in [0.25, 0.3) is 11.3 Å². The third-order valence-electron chi connectivity index (χ3n) is 3.49. The Balaban J connectivity index is 1.98.